The second kappa shape index (κ2) is 4.21. The van der Waals surface area contributed by atoms with Crippen molar-refractivity contribution in [1.29, 1.82) is 0 Å². The fourth-order valence-electron chi connectivity index (χ4n) is 1.40. The Balaban J connectivity index is 2.51. The molecule has 0 aromatic heterocycles. The fourth-order valence-corrected chi connectivity index (χ4v) is 1.40. The highest BCUT2D eigenvalue weighted by atomic mass is 16.5. The molecule has 1 rings (SSSR count). The number of rotatable bonds is 2. The maximum absolute atomic E-state index is 11.0. The van der Waals surface area contributed by atoms with Gasteiger partial charge in [0.25, 0.3) is 0 Å². The Bertz CT molecular complexity index is 176. The van der Waals surface area contributed by atoms with E-state index in [0.29, 0.717) is 13.2 Å². The molecule has 0 aromatic carbocycles. The van der Waals surface area contributed by atoms with Gasteiger partial charge in [-0.05, 0) is 12.8 Å². The highest BCUT2D eigenvalue weighted by Gasteiger charge is 2.22. The van der Waals surface area contributed by atoms with Crippen LogP contribution < -0.4 is 0 Å². The summed E-state index contributed by atoms with van der Waals surface area (Å²) in [4.78, 5) is 11.0. The van der Waals surface area contributed by atoms with Gasteiger partial charge in [0.1, 0.15) is 0 Å². The Kier molecular flexibility index (Phi) is 3.22. The van der Waals surface area contributed by atoms with Gasteiger partial charge in [-0.15, -0.1) is 0 Å². The van der Waals surface area contributed by atoms with Gasteiger partial charge in [0.2, 0.25) is 5.91 Å². The van der Waals surface area contributed by atoms with E-state index in [0.717, 1.165) is 12.8 Å². The lowest BCUT2D eigenvalue weighted by Gasteiger charge is -2.29. The minimum Gasteiger partial charge on any atom is -0.381 e. The molecule has 1 aliphatic heterocycles. The molecule has 0 radical (unpaired) electrons. The number of hydrogen-bond donors (Lipinski definition) is 0. The zero-order valence-corrected chi connectivity index (χ0v) is 7.32. The highest BCUT2D eigenvalue weighted by Crippen LogP contribution is 2.14. The number of carbonyl (C=O) groups excluding carboxylic acids is 1. The number of hydrogen-bond acceptors (Lipinski definition) is 3. The van der Waals surface area contributed by atoms with Crippen molar-refractivity contribution in [2.75, 3.05) is 13.2 Å². The Morgan fingerprint density at radius 3 is 2.58 bits per heavy atom. The first kappa shape index (κ1) is 9.19. The predicted octanol–water partition coefficient (Wildman–Crippen LogP) is 0.630. The molecular formula is C8H14N2O2. The second-order valence-electron chi connectivity index (χ2n) is 2.85. The normalized spacial score (nSPS) is 18.8. The molecule has 4 nitrogen and oxygen atoms in total. The molecular weight excluding hydrogens is 156 g/mol. The first-order chi connectivity index (χ1) is 5.75. The van der Waals surface area contributed by atoms with E-state index in [-0.39, 0.29) is 11.9 Å². The van der Waals surface area contributed by atoms with Crippen molar-refractivity contribution in [3.05, 3.63) is 0 Å². The van der Waals surface area contributed by atoms with Crippen LogP contribution in [0.3, 0.4) is 0 Å². The van der Waals surface area contributed by atoms with Gasteiger partial charge in [-0.1, -0.05) is 0 Å². The van der Waals surface area contributed by atoms with Crippen LogP contribution in [0.15, 0.2) is 5.10 Å². The van der Waals surface area contributed by atoms with Crippen molar-refractivity contribution in [3.63, 3.8) is 0 Å². The molecule has 0 aromatic rings. The van der Waals surface area contributed by atoms with Gasteiger partial charge >= 0.3 is 0 Å². The van der Waals surface area contributed by atoms with Crippen LogP contribution in [-0.2, 0) is 9.53 Å². The van der Waals surface area contributed by atoms with Gasteiger partial charge in [-0.2, -0.15) is 5.10 Å². The van der Waals surface area contributed by atoms with Crippen molar-refractivity contribution in [2.45, 2.75) is 25.8 Å². The monoisotopic (exact) mass is 170 g/mol. The van der Waals surface area contributed by atoms with Crippen LogP contribution in [0.2, 0.25) is 0 Å². The summed E-state index contributed by atoms with van der Waals surface area (Å²) in [5.74, 6) is -0.0445. The molecule has 0 unspecified atom stereocenters. The molecule has 4 heteroatoms. The Morgan fingerprint density at radius 1 is 1.58 bits per heavy atom. The van der Waals surface area contributed by atoms with Crippen molar-refractivity contribution in [3.8, 4) is 0 Å². The molecule has 1 fully saturated rings. The number of ether oxygens (including phenoxy) is 1. The van der Waals surface area contributed by atoms with Crippen molar-refractivity contribution >= 4 is 12.6 Å². The van der Waals surface area contributed by atoms with E-state index in [1.54, 1.807) is 0 Å². The molecule has 1 aliphatic rings. The summed E-state index contributed by atoms with van der Waals surface area (Å²) in [6, 6.07) is 0.189. The summed E-state index contributed by atoms with van der Waals surface area (Å²) in [6.45, 7) is 6.30. The summed E-state index contributed by atoms with van der Waals surface area (Å²) in [6.07, 6.45) is 1.72. The average molecular weight is 170 g/mol. The zero-order chi connectivity index (χ0) is 8.97. The van der Waals surface area contributed by atoms with E-state index in [2.05, 4.69) is 11.8 Å². The third-order valence-corrected chi connectivity index (χ3v) is 2.01. The standard InChI is InChI=1S/C8H14N2O2/c1-7(11)10(9-2)8-3-5-12-6-4-8/h8H,2-6H2,1H3. The van der Waals surface area contributed by atoms with Crippen LogP contribution in [0.4, 0.5) is 0 Å². The Labute approximate surface area is 72.2 Å². The number of hydrazone groups is 1. The van der Waals surface area contributed by atoms with E-state index in [4.69, 9.17) is 4.74 Å². The van der Waals surface area contributed by atoms with Crippen LogP contribution in [0.25, 0.3) is 0 Å². The van der Waals surface area contributed by atoms with Gasteiger partial charge in [-0.25, -0.2) is 5.01 Å². The third kappa shape index (κ3) is 2.04. The summed E-state index contributed by atoms with van der Waals surface area (Å²) in [5.41, 5.74) is 0. The van der Waals surface area contributed by atoms with Crippen molar-refractivity contribution < 1.29 is 9.53 Å². The molecule has 0 atom stereocenters. The first-order valence-electron chi connectivity index (χ1n) is 4.10. The van der Waals surface area contributed by atoms with E-state index in [1.165, 1.54) is 11.9 Å². The van der Waals surface area contributed by atoms with Crippen LogP contribution in [0.1, 0.15) is 19.8 Å². The lowest BCUT2D eigenvalue weighted by atomic mass is 10.1. The van der Waals surface area contributed by atoms with E-state index in [1.807, 2.05) is 0 Å². The molecule has 0 aliphatic carbocycles. The van der Waals surface area contributed by atoms with Crippen LogP contribution in [-0.4, -0.2) is 36.9 Å². The van der Waals surface area contributed by atoms with E-state index in [9.17, 15) is 4.79 Å². The maximum Gasteiger partial charge on any atom is 0.239 e. The largest absolute Gasteiger partial charge is 0.381 e. The lowest BCUT2D eigenvalue weighted by Crippen LogP contribution is -2.38. The lowest BCUT2D eigenvalue weighted by molar-refractivity contribution is -0.132. The fraction of sp³-hybridized carbons (Fsp3) is 0.750. The quantitative estimate of drug-likeness (QED) is 0.450. The summed E-state index contributed by atoms with van der Waals surface area (Å²) in [5, 5.41) is 5.14. The smallest absolute Gasteiger partial charge is 0.239 e. The van der Waals surface area contributed by atoms with Crippen molar-refractivity contribution in [2.24, 2.45) is 5.10 Å². The van der Waals surface area contributed by atoms with Gasteiger partial charge < -0.3 is 4.74 Å². The summed E-state index contributed by atoms with van der Waals surface area (Å²) >= 11 is 0. The predicted molar refractivity (Wildman–Crippen MR) is 45.9 cm³/mol. The van der Waals surface area contributed by atoms with Crippen LogP contribution in [0, 0.1) is 0 Å². The van der Waals surface area contributed by atoms with E-state index >= 15 is 0 Å². The van der Waals surface area contributed by atoms with Gasteiger partial charge in [0, 0.05) is 26.9 Å². The van der Waals surface area contributed by atoms with Gasteiger partial charge in [-0.3, -0.25) is 4.79 Å². The highest BCUT2D eigenvalue weighted by molar-refractivity contribution is 5.73. The minimum atomic E-state index is -0.0445. The average Bonchev–Trinajstić information content (AvgIpc) is 2.07. The summed E-state index contributed by atoms with van der Waals surface area (Å²) < 4.78 is 5.17. The number of amides is 1. The van der Waals surface area contributed by atoms with E-state index < -0.39 is 0 Å². The topological polar surface area (TPSA) is 41.9 Å². The maximum atomic E-state index is 11.0. The molecule has 0 bridgehead atoms. The second-order valence-corrected chi connectivity index (χ2v) is 2.85. The summed E-state index contributed by atoms with van der Waals surface area (Å²) in [7, 11) is 0. The van der Waals surface area contributed by atoms with Crippen LogP contribution in [0.5, 0.6) is 0 Å². The van der Waals surface area contributed by atoms with Gasteiger partial charge in [0.05, 0.1) is 6.04 Å². The molecule has 0 spiro atoms. The molecule has 12 heavy (non-hydrogen) atoms. The third-order valence-electron chi connectivity index (χ3n) is 2.01. The first-order valence-corrected chi connectivity index (χ1v) is 4.10. The minimum absolute atomic E-state index is 0.0445. The Hall–Kier alpha value is -0.900. The molecule has 1 amide bonds. The SMILES string of the molecule is C=NN(C(C)=O)C1CCOCC1. The zero-order valence-electron chi connectivity index (χ0n) is 7.32. The molecule has 68 valence electrons. The van der Waals surface area contributed by atoms with Gasteiger partial charge in [0.15, 0.2) is 0 Å². The Morgan fingerprint density at radius 2 is 2.17 bits per heavy atom. The number of carbonyl (C=O) groups is 1. The molecule has 1 heterocycles. The van der Waals surface area contributed by atoms with Crippen molar-refractivity contribution in [1.82, 2.24) is 5.01 Å². The molecule has 0 N–H and O–H groups in total. The van der Waals surface area contributed by atoms with Crippen LogP contribution >= 0.6 is 0 Å². The molecule has 1 saturated heterocycles. The molecule has 0 saturated carbocycles. The number of nitrogens with zero attached hydrogens (tertiary/aromatic N) is 2.